The van der Waals surface area contributed by atoms with Crippen LogP contribution in [0.4, 0.5) is 10.5 Å². The van der Waals surface area contributed by atoms with E-state index in [1.54, 1.807) is 54.6 Å². The van der Waals surface area contributed by atoms with Gasteiger partial charge in [0.15, 0.2) is 6.61 Å². The molecule has 1 aliphatic rings. The molecule has 0 unspecified atom stereocenters. The highest BCUT2D eigenvalue weighted by Crippen LogP contribution is 2.36. The first-order chi connectivity index (χ1) is 12.6. The van der Waals surface area contributed by atoms with Crippen molar-refractivity contribution >= 4 is 40.6 Å². The van der Waals surface area contributed by atoms with Crippen molar-refractivity contribution in [1.29, 1.82) is 0 Å². The Morgan fingerprint density at radius 1 is 1.08 bits per heavy atom. The zero-order valence-corrected chi connectivity index (χ0v) is 14.7. The largest absolute Gasteiger partial charge is 0.481 e. The zero-order valence-electron chi connectivity index (χ0n) is 13.9. The first-order valence-corrected chi connectivity index (χ1v) is 8.53. The molecular formula is C19H15NO5S. The number of benzene rings is 2. The number of rotatable bonds is 5. The van der Waals surface area contributed by atoms with Gasteiger partial charge in [0.2, 0.25) is 0 Å². The summed E-state index contributed by atoms with van der Waals surface area (Å²) in [5, 5.41) is -0.361. The van der Waals surface area contributed by atoms with E-state index in [0.717, 1.165) is 16.7 Å². The maximum absolute atomic E-state index is 12.6. The summed E-state index contributed by atoms with van der Waals surface area (Å²) in [6, 6.07) is 15.7. The van der Waals surface area contributed by atoms with Crippen LogP contribution in [-0.2, 0) is 14.3 Å². The highest BCUT2D eigenvalue weighted by molar-refractivity contribution is 8.19. The molecule has 0 saturated carbocycles. The topological polar surface area (TPSA) is 72.9 Å². The highest BCUT2D eigenvalue weighted by atomic mass is 32.2. The van der Waals surface area contributed by atoms with Crippen LogP contribution in [-0.4, -0.2) is 30.8 Å². The third-order valence-electron chi connectivity index (χ3n) is 3.59. The number of nitrogens with zero attached hydrogens (tertiary/aromatic N) is 1. The molecule has 0 radical (unpaired) electrons. The van der Waals surface area contributed by atoms with Crippen molar-refractivity contribution in [3.05, 3.63) is 65.1 Å². The number of esters is 1. The Balaban J connectivity index is 1.86. The normalized spacial score (nSPS) is 15.4. The molecule has 0 aliphatic carbocycles. The fraction of sp³-hybridized carbons (Fsp3) is 0.105. The van der Waals surface area contributed by atoms with Crippen molar-refractivity contribution in [3.8, 4) is 5.75 Å². The Morgan fingerprint density at radius 2 is 1.77 bits per heavy atom. The Bertz CT molecular complexity index is 879. The van der Waals surface area contributed by atoms with E-state index in [2.05, 4.69) is 4.74 Å². The van der Waals surface area contributed by atoms with E-state index in [4.69, 9.17) is 4.74 Å². The van der Waals surface area contributed by atoms with Crippen LogP contribution in [0.25, 0.3) is 6.08 Å². The molecule has 0 aromatic heterocycles. The monoisotopic (exact) mass is 369 g/mol. The van der Waals surface area contributed by atoms with Gasteiger partial charge in [-0.3, -0.25) is 9.59 Å². The average molecular weight is 369 g/mol. The molecule has 6 nitrogen and oxygen atoms in total. The van der Waals surface area contributed by atoms with E-state index in [9.17, 15) is 14.4 Å². The van der Waals surface area contributed by atoms with Crippen molar-refractivity contribution < 1.29 is 23.9 Å². The number of ether oxygens (including phenoxy) is 2. The van der Waals surface area contributed by atoms with Gasteiger partial charge in [-0.05, 0) is 36.0 Å². The van der Waals surface area contributed by atoms with Crippen LogP contribution >= 0.6 is 11.8 Å². The molecule has 3 rings (SSSR count). The lowest BCUT2D eigenvalue weighted by atomic mass is 10.2. The van der Waals surface area contributed by atoms with Crippen LogP contribution in [0.1, 0.15) is 5.56 Å². The van der Waals surface area contributed by atoms with E-state index < -0.39 is 11.9 Å². The van der Waals surface area contributed by atoms with Gasteiger partial charge < -0.3 is 9.47 Å². The molecule has 2 aromatic rings. The van der Waals surface area contributed by atoms with Gasteiger partial charge in [-0.15, -0.1) is 0 Å². The predicted molar refractivity (Wildman–Crippen MR) is 98.8 cm³/mol. The van der Waals surface area contributed by atoms with Crippen LogP contribution in [0.5, 0.6) is 5.75 Å². The smallest absolute Gasteiger partial charge is 0.343 e. The summed E-state index contributed by atoms with van der Waals surface area (Å²) in [6.45, 7) is -0.243. The molecule has 1 fully saturated rings. The summed E-state index contributed by atoms with van der Waals surface area (Å²) in [5.41, 5.74) is 1.11. The van der Waals surface area contributed by atoms with Gasteiger partial charge in [-0.1, -0.05) is 36.4 Å². The summed E-state index contributed by atoms with van der Waals surface area (Å²) in [6.07, 6.45) is 1.58. The average Bonchev–Trinajstić information content (AvgIpc) is 2.94. The number of carbonyl (C=O) groups excluding carboxylic acids is 3. The summed E-state index contributed by atoms with van der Waals surface area (Å²) >= 11 is 0.860. The lowest BCUT2D eigenvalue weighted by molar-refractivity contribution is -0.142. The van der Waals surface area contributed by atoms with Crippen LogP contribution in [0.3, 0.4) is 0 Å². The Labute approximate surface area is 154 Å². The lowest BCUT2D eigenvalue weighted by Gasteiger charge is -2.11. The standard InChI is InChI=1S/C19H15NO5S/c1-24-17(21)12-25-15-10-6-5-7-13(15)11-16-18(22)20(19(23)26-16)14-8-3-2-4-9-14/h2-11H,12H2,1H3/b16-11-. The van der Waals surface area contributed by atoms with E-state index in [1.165, 1.54) is 7.11 Å². The van der Waals surface area contributed by atoms with Crippen molar-refractivity contribution in [2.45, 2.75) is 0 Å². The minimum Gasteiger partial charge on any atom is -0.481 e. The molecule has 0 spiro atoms. The quantitative estimate of drug-likeness (QED) is 0.593. The fourth-order valence-electron chi connectivity index (χ4n) is 2.34. The van der Waals surface area contributed by atoms with Crippen LogP contribution in [0, 0.1) is 0 Å². The number of amides is 2. The van der Waals surface area contributed by atoms with Gasteiger partial charge in [-0.25, -0.2) is 9.69 Å². The van der Waals surface area contributed by atoms with Gasteiger partial charge in [-0.2, -0.15) is 0 Å². The number of thioether (sulfide) groups is 1. The molecule has 0 N–H and O–H groups in total. The van der Waals surface area contributed by atoms with Crippen LogP contribution in [0.15, 0.2) is 59.5 Å². The molecule has 26 heavy (non-hydrogen) atoms. The first-order valence-electron chi connectivity index (χ1n) is 7.72. The second kappa shape index (κ2) is 7.88. The first kappa shape index (κ1) is 17.8. The molecule has 1 saturated heterocycles. The highest BCUT2D eigenvalue weighted by Gasteiger charge is 2.36. The Morgan fingerprint density at radius 3 is 2.50 bits per heavy atom. The number of imide groups is 1. The van der Waals surface area contributed by atoms with Crippen LogP contribution < -0.4 is 9.64 Å². The van der Waals surface area contributed by atoms with E-state index in [0.29, 0.717) is 17.0 Å². The van der Waals surface area contributed by atoms with Crippen molar-refractivity contribution in [2.75, 3.05) is 18.6 Å². The molecule has 132 valence electrons. The summed E-state index contributed by atoms with van der Waals surface area (Å²) in [7, 11) is 1.27. The molecule has 7 heteroatoms. The Hall–Kier alpha value is -3.06. The summed E-state index contributed by atoms with van der Waals surface area (Å²) < 4.78 is 9.99. The number of methoxy groups -OCH3 is 1. The van der Waals surface area contributed by atoms with Crippen LogP contribution in [0.2, 0.25) is 0 Å². The van der Waals surface area contributed by atoms with E-state index in [-0.39, 0.29) is 16.8 Å². The maximum atomic E-state index is 12.6. The molecule has 1 heterocycles. The number of para-hydroxylation sites is 2. The number of hydrogen-bond acceptors (Lipinski definition) is 6. The van der Waals surface area contributed by atoms with Gasteiger partial charge in [0, 0.05) is 5.56 Å². The van der Waals surface area contributed by atoms with Crippen molar-refractivity contribution in [3.63, 3.8) is 0 Å². The molecule has 2 aromatic carbocycles. The summed E-state index contributed by atoms with van der Waals surface area (Å²) in [4.78, 5) is 37.6. The SMILES string of the molecule is COC(=O)COc1ccccc1/C=C1\SC(=O)N(c2ccccc2)C1=O. The number of hydrogen-bond donors (Lipinski definition) is 0. The number of anilines is 1. The predicted octanol–water partition coefficient (Wildman–Crippen LogP) is 3.48. The lowest BCUT2D eigenvalue weighted by Crippen LogP contribution is -2.27. The number of carbonyl (C=O) groups is 3. The molecule has 1 aliphatic heterocycles. The minimum atomic E-state index is -0.510. The maximum Gasteiger partial charge on any atom is 0.343 e. The van der Waals surface area contributed by atoms with Gasteiger partial charge >= 0.3 is 5.97 Å². The second-order valence-corrected chi connectivity index (χ2v) is 6.25. The third kappa shape index (κ3) is 3.78. The van der Waals surface area contributed by atoms with Gasteiger partial charge in [0.1, 0.15) is 5.75 Å². The van der Waals surface area contributed by atoms with E-state index in [1.807, 2.05) is 6.07 Å². The van der Waals surface area contributed by atoms with Crippen molar-refractivity contribution in [1.82, 2.24) is 0 Å². The van der Waals surface area contributed by atoms with E-state index >= 15 is 0 Å². The fourth-order valence-corrected chi connectivity index (χ4v) is 3.17. The Kier molecular flexibility index (Phi) is 5.38. The van der Waals surface area contributed by atoms with Crippen molar-refractivity contribution in [2.24, 2.45) is 0 Å². The molecule has 0 atom stereocenters. The van der Waals surface area contributed by atoms with Gasteiger partial charge in [0.05, 0.1) is 17.7 Å². The zero-order chi connectivity index (χ0) is 18.5. The second-order valence-electron chi connectivity index (χ2n) is 5.26. The van der Waals surface area contributed by atoms with Gasteiger partial charge in [0.25, 0.3) is 11.1 Å². The third-order valence-corrected chi connectivity index (χ3v) is 4.46. The molecule has 0 bridgehead atoms. The summed E-state index contributed by atoms with van der Waals surface area (Å²) in [5.74, 6) is -0.484. The molecular weight excluding hydrogens is 354 g/mol. The molecule has 2 amide bonds. The minimum absolute atomic E-state index is 0.243.